The van der Waals surface area contributed by atoms with E-state index in [0.29, 0.717) is 5.56 Å². The second-order valence-electron chi connectivity index (χ2n) is 5.03. The predicted molar refractivity (Wildman–Crippen MR) is 61.8 cm³/mol. The van der Waals surface area contributed by atoms with Crippen molar-refractivity contribution >= 4 is 0 Å². The summed E-state index contributed by atoms with van der Waals surface area (Å²) in [6, 6.07) is 2.49. The average molecular weight is 244 g/mol. The maximum atomic E-state index is 13.7. The molecular weight excluding hydrogens is 226 g/mol. The first-order valence-electron chi connectivity index (χ1n) is 5.49. The van der Waals surface area contributed by atoms with E-state index in [0.717, 1.165) is 6.07 Å². The van der Waals surface area contributed by atoms with Crippen molar-refractivity contribution in [3.05, 3.63) is 34.9 Å². The zero-order chi connectivity index (χ0) is 13.2. The molecule has 1 aromatic carbocycles. The van der Waals surface area contributed by atoms with Crippen LogP contribution in [0.25, 0.3) is 0 Å². The third kappa shape index (κ3) is 3.75. The number of aryl methyl sites for hydroxylation is 1. The third-order valence-corrected chi connectivity index (χ3v) is 2.33. The van der Waals surface area contributed by atoms with Gasteiger partial charge in [0.2, 0.25) is 0 Å². The number of aliphatic hydroxyl groups excluding tert-OH is 1. The van der Waals surface area contributed by atoms with Gasteiger partial charge in [0.05, 0.1) is 17.8 Å². The molecule has 0 heterocycles. The molecule has 0 spiro atoms. The summed E-state index contributed by atoms with van der Waals surface area (Å²) in [6.45, 7) is 6.81. The average Bonchev–Trinajstić information content (AvgIpc) is 2.20. The Balaban J connectivity index is 2.89. The normalized spacial score (nSPS) is 13.8. The molecule has 96 valence electrons. The Hall–Kier alpha value is -1.00. The Morgan fingerprint density at radius 3 is 2.41 bits per heavy atom. The van der Waals surface area contributed by atoms with Gasteiger partial charge in [0.1, 0.15) is 17.7 Å². The molecule has 1 atom stereocenters. The molecule has 1 N–H and O–H groups in total. The second kappa shape index (κ2) is 5.10. The van der Waals surface area contributed by atoms with Crippen molar-refractivity contribution in [3.8, 4) is 0 Å². The molecule has 0 aliphatic heterocycles. The first-order chi connectivity index (χ1) is 7.72. The molecule has 0 saturated carbocycles. The quantitative estimate of drug-likeness (QED) is 0.885. The van der Waals surface area contributed by atoms with Crippen LogP contribution in [0.15, 0.2) is 12.1 Å². The van der Waals surface area contributed by atoms with Crippen LogP contribution in [0.4, 0.5) is 8.78 Å². The molecule has 17 heavy (non-hydrogen) atoms. The fraction of sp³-hybridized carbons (Fsp3) is 0.538. The Morgan fingerprint density at radius 2 is 1.88 bits per heavy atom. The fourth-order valence-electron chi connectivity index (χ4n) is 1.40. The maximum Gasteiger partial charge on any atom is 0.134 e. The maximum absolute atomic E-state index is 13.7. The Kier molecular flexibility index (Phi) is 4.22. The molecule has 1 aromatic rings. The van der Waals surface area contributed by atoms with Crippen LogP contribution >= 0.6 is 0 Å². The molecule has 0 aliphatic carbocycles. The first kappa shape index (κ1) is 14.1. The number of hydrogen-bond donors (Lipinski definition) is 1. The van der Waals surface area contributed by atoms with Gasteiger partial charge in [-0.1, -0.05) is 6.07 Å². The molecular formula is C13H18F2O2. The predicted octanol–water partition coefficient (Wildman–Crippen LogP) is 3.12. The van der Waals surface area contributed by atoms with Crippen LogP contribution in [0.3, 0.4) is 0 Å². The molecule has 0 saturated heterocycles. The van der Waals surface area contributed by atoms with Crippen LogP contribution in [0.5, 0.6) is 0 Å². The van der Waals surface area contributed by atoms with E-state index < -0.39 is 23.3 Å². The lowest BCUT2D eigenvalue weighted by Gasteiger charge is -2.22. The number of hydrogen-bond acceptors (Lipinski definition) is 2. The van der Waals surface area contributed by atoms with Gasteiger partial charge in [0.25, 0.3) is 0 Å². The summed E-state index contributed by atoms with van der Waals surface area (Å²) in [5.74, 6) is -1.46. The van der Waals surface area contributed by atoms with Crippen LogP contribution < -0.4 is 0 Å². The molecule has 0 fully saturated rings. The lowest BCUT2D eigenvalue weighted by atomic mass is 10.0. The third-order valence-electron chi connectivity index (χ3n) is 2.33. The summed E-state index contributed by atoms with van der Waals surface area (Å²) in [4.78, 5) is 0. The first-order valence-corrected chi connectivity index (χ1v) is 5.49. The summed E-state index contributed by atoms with van der Waals surface area (Å²) in [5.41, 5.74) is -0.483. The van der Waals surface area contributed by atoms with Crippen LogP contribution in [-0.4, -0.2) is 17.3 Å². The van der Waals surface area contributed by atoms with Gasteiger partial charge in [-0.2, -0.15) is 0 Å². The molecule has 0 radical (unpaired) electrons. The van der Waals surface area contributed by atoms with Crippen molar-refractivity contribution < 1.29 is 18.6 Å². The van der Waals surface area contributed by atoms with E-state index in [-0.39, 0.29) is 12.2 Å². The van der Waals surface area contributed by atoms with Gasteiger partial charge in [-0.25, -0.2) is 8.78 Å². The van der Waals surface area contributed by atoms with Gasteiger partial charge in [0.15, 0.2) is 0 Å². The molecule has 0 bridgehead atoms. The molecule has 2 nitrogen and oxygen atoms in total. The van der Waals surface area contributed by atoms with Gasteiger partial charge in [-0.05, 0) is 39.3 Å². The Bertz CT molecular complexity index is 397. The molecule has 0 amide bonds. The van der Waals surface area contributed by atoms with Crippen LogP contribution in [0, 0.1) is 18.6 Å². The minimum atomic E-state index is -1.30. The van der Waals surface area contributed by atoms with Crippen LogP contribution in [-0.2, 0) is 4.74 Å². The molecule has 1 rings (SSSR count). The van der Waals surface area contributed by atoms with Crippen molar-refractivity contribution in [2.75, 3.05) is 6.61 Å². The smallest absolute Gasteiger partial charge is 0.134 e. The zero-order valence-electron chi connectivity index (χ0n) is 10.6. The molecule has 0 aliphatic rings. The molecule has 4 heteroatoms. The van der Waals surface area contributed by atoms with E-state index >= 15 is 0 Å². The highest BCUT2D eigenvalue weighted by molar-refractivity contribution is 5.28. The number of halogens is 2. The van der Waals surface area contributed by atoms with E-state index in [9.17, 15) is 13.9 Å². The SMILES string of the molecule is Cc1ccc(F)c(C(O)COC(C)(C)C)c1F. The summed E-state index contributed by atoms with van der Waals surface area (Å²) in [7, 11) is 0. The summed E-state index contributed by atoms with van der Waals surface area (Å²) in [6.07, 6.45) is -1.30. The summed E-state index contributed by atoms with van der Waals surface area (Å²) in [5, 5.41) is 9.76. The number of benzene rings is 1. The van der Waals surface area contributed by atoms with Crippen molar-refractivity contribution in [2.45, 2.75) is 39.4 Å². The molecule has 0 aromatic heterocycles. The zero-order valence-corrected chi connectivity index (χ0v) is 10.6. The minimum Gasteiger partial charge on any atom is -0.386 e. The lowest BCUT2D eigenvalue weighted by molar-refractivity contribution is -0.0513. The minimum absolute atomic E-state index is 0.138. The summed E-state index contributed by atoms with van der Waals surface area (Å²) >= 11 is 0. The largest absolute Gasteiger partial charge is 0.386 e. The van der Waals surface area contributed by atoms with Gasteiger partial charge < -0.3 is 9.84 Å². The fourth-order valence-corrected chi connectivity index (χ4v) is 1.40. The van der Waals surface area contributed by atoms with Gasteiger partial charge in [0, 0.05) is 0 Å². The van der Waals surface area contributed by atoms with Gasteiger partial charge >= 0.3 is 0 Å². The van der Waals surface area contributed by atoms with E-state index in [1.807, 2.05) is 20.8 Å². The van der Waals surface area contributed by atoms with Crippen molar-refractivity contribution in [1.29, 1.82) is 0 Å². The standard InChI is InChI=1S/C13H18F2O2/c1-8-5-6-9(14)11(12(8)15)10(16)7-17-13(2,3)4/h5-6,10,16H,7H2,1-4H3. The van der Waals surface area contributed by atoms with E-state index in [1.54, 1.807) is 0 Å². The van der Waals surface area contributed by atoms with Crippen molar-refractivity contribution in [3.63, 3.8) is 0 Å². The Labute approximate surface area is 100 Å². The van der Waals surface area contributed by atoms with E-state index in [2.05, 4.69) is 0 Å². The van der Waals surface area contributed by atoms with Gasteiger partial charge in [-0.15, -0.1) is 0 Å². The molecule has 1 unspecified atom stereocenters. The summed E-state index contributed by atoms with van der Waals surface area (Å²) < 4.78 is 32.4. The van der Waals surface area contributed by atoms with Crippen LogP contribution in [0.1, 0.15) is 38.0 Å². The number of rotatable bonds is 3. The van der Waals surface area contributed by atoms with E-state index in [4.69, 9.17) is 4.74 Å². The van der Waals surface area contributed by atoms with Crippen molar-refractivity contribution in [1.82, 2.24) is 0 Å². The van der Waals surface area contributed by atoms with E-state index in [1.165, 1.54) is 13.0 Å². The number of aliphatic hydroxyl groups is 1. The topological polar surface area (TPSA) is 29.5 Å². The van der Waals surface area contributed by atoms with Crippen molar-refractivity contribution in [2.24, 2.45) is 0 Å². The number of ether oxygens (including phenoxy) is 1. The lowest BCUT2D eigenvalue weighted by Crippen LogP contribution is -2.23. The van der Waals surface area contributed by atoms with Crippen LogP contribution in [0.2, 0.25) is 0 Å². The highest BCUT2D eigenvalue weighted by Gasteiger charge is 2.22. The van der Waals surface area contributed by atoms with Gasteiger partial charge in [-0.3, -0.25) is 0 Å². The highest BCUT2D eigenvalue weighted by atomic mass is 19.1. The second-order valence-corrected chi connectivity index (χ2v) is 5.03. The monoisotopic (exact) mass is 244 g/mol. The highest BCUT2D eigenvalue weighted by Crippen LogP contribution is 2.24. The Morgan fingerprint density at radius 1 is 1.29 bits per heavy atom.